The zero-order valence-corrected chi connectivity index (χ0v) is 25.9. The molecule has 10 atom stereocenters. The molecule has 3 saturated heterocycles. The Bertz CT molecular complexity index is 1300. The number of aromatic nitrogens is 1. The minimum absolute atomic E-state index is 0.165. The minimum Gasteiger partial charge on any atom is -0.508 e. The van der Waals surface area contributed by atoms with Gasteiger partial charge in [0.05, 0.1) is 12.1 Å². The smallest absolute Gasteiger partial charge is 0.231 e. The van der Waals surface area contributed by atoms with E-state index >= 15 is 0 Å². The van der Waals surface area contributed by atoms with Crippen molar-refractivity contribution in [3.63, 3.8) is 0 Å². The van der Waals surface area contributed by atoms with Crippen LogP contribution >= 0.6 is 0 Å². The third kappa shape index (κ3) is 6.07. The van der Waals surface area contributed by atoms with Crippen LogP contribution in [0.4, 0.5) is 0 Å². The number of aromatic hydroxyl groups is 1. The number of rotatable bonds is 12. The van der Waals surface area contributed by atoms with Gasteiger partial charge in [0.2, 0.25) is 5.91 Å². The molecule has 4 bridgehead atoms. The van der Waals surface area contributed by atoms with Crippen LogP contribution in [0.5, 0.6) is 5.75 Å². The quantitative estimate of drug-likeness (QED) is 0.228. The first-order valence-electron chi connectivity index (χ1n) is 16.9. The van der Waals surface area contributed by atoms with Crippen LogP contribution in [0, 0.1) is 11.8 Å². The SMILES string of the molecule is CC[C@H]1C[C@H]2C[C@H]3c4c(c5cc(O)ccc5n4C(=O)CCCCCCCCOC4O[C@H](CO)[C@@H](O)[C@H](O)[C@@H]4O)CCN(C2)C13. The molecule has 244 valence electrons. The van der Waals surface area contributed by atoms with E-state index in [2.05, 4.69) is 11.8 Å². The third-order valence-electron chi connectivity index (χ3n) is 10.8. The van der Waals surface area contributed by atoms with E-state index in [1.54, 1.807) is 6.07 Å². The lowest BCUT2D eigenvalue weighted by Gasteiger charge is -2.53. The highest BCUT2D eigenvalue weighted by molar-refractivity contribution is 5.97. The number of unbranched alkanes of at least 4 members (excludes halogenated alkanes) is 5. The Kier molecular flexibility index (Phi) is 9.97. The van der Waals surface area contributed by atoms with E-state index < -0.39 is 37.3 Å². The van der Waals surface area contributed by atoms with Crippen LogP contribution in [0.2, 0.25) is 0 Å². The maximum absolute atomic E-state index is 13.9. The fourth-order valence-electron chi connectivity index (χ4n) is 8.71. The second kappa shape index (κ2) is 13.7. The van der Waals surface area contributed by atoms with Gasteiger partial charge in [-0.1, -0.05) is 39.0 Å². The highest BCUT2D eigenvalue weighted by Gasteiger charge is 2.50. The van der Waals surface area contributed by atoms with Crippen molar-refractivity contribution in [3.8, 4) is 5.75 Å². The highest BCUT2D eigenvalue weighted by Crippen LogP contribution is 2.52. The van der Waals surface area contributed by atoms with Crippen molar-refractivity contribution in [1.82, 2.24) is 9.47 Å². The number of benzene rings is 1. The number of phenolic OH excluding ortho intramolecular Hbond substituents is 1. The van der Waals surface area contributed by atoms with Crippen LogP contribution in [0.3, 0.4) is 0 Å². The summed E-state index contributed by atoms with van der Waals surface area (Å²) in [6.45, 7) is 4.38. The number of piperidine rings is 2. The Morgan fingerprint density at radius 3 is 2.57 bits per heavy atom. The number of aliphatic hydroxyl groups excluding tert-OH is 4. The molecule has 4 fully saturated rings. The first-order valence-corrected chi connectivity index (χ1v) is 16.9. The van der Waals surface area contributed by atoms with Gasteiger partial charge >= 0.3 is 0 Å². The molecule has 1 aromatic heterocycles. The molecule has 5 heterocycles. The van der Waals surface area contributed by atoms with Crippen LogP contribution in [-0.4, -0.2) is 104 Å². The number of hydrogen-bond acceptors (Lipinski definition) is 9. The second-order valence-electron chi connectivity index (χ2n) is 13.6. The Balaban J connectivity index is 1.02. The van der Waals surface area contributed by atoms with E-state index in [1.165, 1.54) is 30.6 Å². The van der Waals surface area contributed by atoms with Crippen molar-refractivity contribution in [2.75, 3.05) is 26.3 Å². The predicted octanol–water partition coefficient (Wildman–Crippen LogP) is 3.29. The lowest BCUT2D eigenvalue weighted by Crippen LogP contribution is -2.59. The van der Waals surface area contributed by atoms with Crippen molar-refractivity contribution in [2.45, 2.75) is 120 Å². The van der Waals surface area contributed by atoms with Gasteiger partial charge < -0.3 is 35.0 Å². The van der Waals surface area contributed by atoms with Crippen molar-refractivity contribution >= 4 is 16.8 Å². The summed E-state index contributed by atoms with van der Waals surface area (Å²) in [5.41, 5.74) is 3.44. The van der Waals surface area contributed by atoms with Gasteiger partial charge in [0.1, 0.15) is 30.2 Å². The monoisotopic (exact) mass is 614 g/mol. The molecule has 0 amide bonds. The molecule has 7 rings (SSSR count). The molecule has 10 heteroatoms. The van der Waals surface area contributed by atoms with Gasteiger partial charge in [-0.15, -0.1) is 0 Å². The van der Waals surface area contributed by atoms with E-state index in [0.29, 0.717) is 36.8 Å². The number of fused-ring (bicyclic) bond motifs is 4. The molecular weight excluding hydrogens is 564 g/mol. The van der Waals surface area contributed by atoms with Gasteiger partial charge in [0.15, 0.2) is 6.29 Å². The number of carbonyl (C=O) groups excluding carboxylic acids is 1. The van der Waals surface area contributed by atoms with E-state index in [-0.39, 0.29) is 11.7 Å². The Morgan fingerprint density at radius 1 is 1.02 bits per heavy atom. The number of carbonyl (C=O) groups is 1. The fourth-order valence-corrected chi connectivity index (χ4v) is 8.71. The summed E-state index contributed by atoms with van der Waals surface area (Å²) in [6, 6.07) is 6.00. The standard InChI is InChI=1S/C34H50N2O8/c1-2-21-15-20-16-25-29(21)35(18-20)13-12-23-24-17-22(38)10-11-26(24)36(30(23)25)28(39)9-7-5-3-4-6-8-14-43-34-33(42)32(41)31(40)27(19-37)44-34/h10-11,17,20-21,25,27,29,31-34,37-38,40-42H,2-9,12-16,18-19H2,1H3/t20-,21-,25+,27+,29?,31+,32-,33-,34?/m0/s1. The summed E-state index contributed by atoms with van der Waals surface area (Å²) in [7, 11) is 0. The van der Waals surface area contributed by atoms with Gasteiger partial charge in [-0.3, -0.25) is 14.3 Å². The van der Waals surface area contributed by atoms with E-state index in [1.807, 2.05) is 16.7 Å². The average molecular weight is 615 g/mol. The number of hydrogen-bond donors (Lipinski definition) is 5. The molecular formula is C34H50N2O8. The summed E-state index contributed by atoms with van der Waals surface area (Å²) in [5.74, 6) is 2.16. The van der Waals surface area contributed by atoms with Crippen molar-refractivity contribution < 1.29 is 39.8 Å². The molecule has 5 N–H and O–H groups in total. The van der Waals surface area contributed by atoms with Gasteiger partial charge in [-0.05, 0) is 67.7 Å². The summed E-state index contributed by atoms with van der Waals surface area (Å²) in [6.07, 6.45) is 4.28. The second-order valence-corrected chi connectivity index (χ2v) is 13.6. The lowest BCUT2D eigenvalue weighted by atomic mass is 9.65. The fraction of sp³-hybridized carbons (Fsp3) is 0.735. The Morgan fingerprint density at radius 2 is 1.80 bits per heavy atom. The van der Waals surface area contributed by atoms with E-state index in [9.17, 15) is 30.3 Å². The van der Waals surface area contributed by atoms with Gasteiger partial charge in [0, 0.05) is 49.2 Å². The zero-order chi connectivity index (χ0) is 31.0. The largest absolute Gasteiger partial charge is 0.508 e. The van der Waals surface area contributed by atoms with Crippen LogP contribution in [0.1, 0.15) is 93.1 Å². The van der Waals surface area contributed by atoms with Crippen LogP contribution < -0.4 is 0 Å². The predicted molar refractivity (Wildman–Crippen MR) is 165 cm³/mol. The molecule has 1 saturated carbocycles. The van der Waals surface area contributed by atoms with Crippen molar-refractivity contribution in [3.05, 3.63) is 29.5 Å². The normalized spacial score (nSPS) is 34.7. The molecule has 3 unspecified atom stereocenters. The van der Waals surface area contributed by atoms with E-state index in [4.69, 9.17) is 9.47 Å². The zero-order valence-electron chi connectivity index (χ0n) is 25.9. The first kappa shape index (κ1) is 31.9. The molecule has 1 aromatic carbocycles. The maximum Gasteiger partial charge on any atom is 0.231 e. The lowest BCUT2D eigenvalue weighted by molar-refractivity contribution is -0.301. The van der Waals surface area contributed by atoms with Gasteiger partial charge in [-0.25, -0.2) is 0 Å². The summed E-state index contributed by atoms with van der Waals surface area (Å²) in [5, 5.41) is 50.6. The topological polar surface area (TPSA) is 145 Å². The number of nitrogens with zero attached hydrogens (tertiary/aromatic N) is 2. The summed E-state index contributed by atoms with van der Waals surface area (Å²) in [4.78, 5) is 16.6. The molecule has 4 aliphatic heterocycles. The van der Waals surface area contributed by atoms with Gasteiger partial charge in [-0.2, -0.15) is 0 Å². The van der Waals surface area contributed by atoms with Crippen LogP contribution in [0.25, 0.3) is 10.9 Å². The minimum atomic E-state index is -1.43. The third-order valence-corrected chi connectivity index (χ3v) is 10.8. The molecule has 2 aromatic rings. The number of aliphatic hydroxyl groups is 4. The molecule has 1 aliphatic carbocycles. The Hall–Kier alpha value is -2.05. The molecule has 44 heavy (non-hydrogen) atoms. The molecule has 10 nitrogen and oxygen atoms in total. The van der Waals surface area contributed by atoms with Crippen molar-refractivity contribution in [2.24, 2.45) is 11.8 Å². The van der Waals surface area contributed by atoms with Gasteiger partial charge in [0.25, 0.3) is 0 Å². The average Bonchev–Trinajstić information content (AvgIpc) is 3.29. The number of ether oxygens (including phenoxy) is 2. The Labute approximate surface area is 259 Å². The van der Waals surface area contributed by atoms with Crippen molar-refractivity contribution in [1.29, 1.82) is 0 Å². The van der Waals surface area contributed by atoms with E-state index in [0.717, 1.165) is 68.8 Å². The highest BCUT2D eigenvalue weighted by atomic mass is 16.7. The molecule has 5 aliphatic rings. The maximum atomic E-state index is 13.9. The van der Waals surface area contributed by atoms with Crippen LogP contribution in [-0.2, 0) is 15.9 Å². The number of phenols is 1. The molecule has 0 radical (unpaired) electrons. The first-order chi connectivity index (χ1) is 21.3. The summed E-state index contributed by atoms with van der Waals surface area (Å²) < 4.78 is 13.0. The summed E-state index contributed by atoms with van der Waals surface area (Å²) >= 11 is 0. The van der Waals surface area contributed by atoms with Crippen LogP contribution in [0.15, 0.2) is 18.2 Å². The molecule has 0 spiro atoms.